The highest BCUT2D eigenvalue weighted by molar-refractivity contribution is 5.75. The monoisotopic (exact) mass is 409 g/mol. The number of rotatable bonds is 8. The van der Waals surface area contributed by atoms with Crippen LogP contribution in [0.15, 0.2) is 70.5 Å². The number of nitrogens with one attached hydrogen (secondary N) is 1. The van der Waals surface area contributed by atoms with Crippen molar-refractivity contribution < 1.29 is 14.3 Å². The number of hydrogen-bond acceptors (Lipinski definition) is 5. The largest absolute Gasteiger partial charge is 0.497 e. The van der Waals surface area contributed by atoms with Crippen LogP contribution in [0.1, 0.15) is 12.5 Å². The summed E-state index contributed by atoms with van der Waals surface area (Å²) in [7, 11) is 1.58. The molecule has 0 atom stereocenters. The Morgan fingerprint density at radius 1 is 0.933 bits per heavy atom. The van der Waals surface area contributed by atoms with Gasteiger partial charge < -0.3 is 14.8 Å². The summed E-state index contributed by atoms with van der Waals surface area (Å²) in [6.45, 7) is 2.48. The maximum absolute atomic E-state index is 12.5. The number of amides is 1. The van der Waals surface area contributed by atoms with Crippen LogP contribution in [-0.4, -0.2) is 28.8 Å². The van der Waals surface area contributed by atoms with Crippen LogP contribution >= 0.6 is 0 Å². The Bertz CT molecular complexity index is 1120. The van der Waals surface area contributed by atoms with Crippen molar-refractivity contribution in [3.8, 4) is 17.2 Å². The summed E-state index contributed by atoms with van der Waals surface area (Å²) in [5.41, 5.74) is -0.0744. The van der Waals surface area contributed by atoms with Crippen molar-refractivity contribution in [1.82, 2.24) is 14.5 Å². The lowest BCUT2D eigenvalue weighted by Crippen LogP contribution is -2.42. The predicted molar refractivity (Wildman–Crippen MR) is 112 cm³/mol. The van der Waals surface area contributed by atoms with Gasteiger partial charge in [-0.3, -0.25) is 23.5 Å². The molecule has 0 radical (unpaired) electrons. The number of benzene rings is 2. The van der Waals surface area contributed by atoms with Gasteiger partial charge in [0.25, 0.3) is 0 Å². The number of hydrogen-bond donors (Lipinski definition) is 1. The van der Waals surface area contributed by atoms with E-state index in [1.807, 2.05) is 19.1 Å². The fourth-order valence-corrected chi connectivity index (χ4v) is 2.86. The van der Waals surface area contributed by atoms with E-state index in [9.17, 15) is 14.4 Å². The molecular formula is C22H23N3O5. The Morgan fingerprint density at radius 2 is 1.60 bits per heavy atom. The molecule has 8 heteroatoms. The van der Waals surface area contributed by atoms with Gasteiger partial charge in [-0.1, -0.05) is 12.1 Å². The van der Waals surface area contributed by atoms with Crippen LogP contribution in [-0.2, 0) is 17.9 Å². The first-order valence-corrected chi connectivity index (χ1v) is 9.46. The van der Waals surface area contributed by atoms with Gasteiger partial charge in [0.1, 0.15) is 18.0 Å². The molecule has 0 saturated carbocycles. The Balaban J connectivity index is 1.68. The second kappa shape index (κ2) is 9.60. The zero-order valence-corrected chi connectivity index (χ0v) is 16.8. The Morgan fingerprint density at radius 3 is 2.23 bits per heavy atom. The third kappa shape index (κ3) is 4.96. The molecule has 1 amide bonds. The van der Waals surface area contributed by atoms with Crippen LogP contribution < -0.4 is 25.9 Å². The van der Waals surface area contributed by atoms with Crippen LogP contribution in [0.3, 0.4) is 0 Å². The first-order chi connectivity index (χ1) is 14.5. The lowest BCUT2D eigenvalue weighted by Gasteiger charge is -2.10. The van der Waals surface area contributed by atoms with E-state index in [0.29, 0.717) is 24.6 Å². The average Bonchev–Trinajstić information content (AvgIpc) is 2.77. The van der Waals surface area contributed by atoms with Gasteiger partial charge in [0.05, 0.1) is 13.7 Å². The minimum atomic E-state index is -0.772. The van der Waals surface area contributed by atoms with E-state index in [2.05, 4.69) is 5.32 Å². The van der Waals surface area contributed by atoms with Crippen molar-refractivity contribution in [2.75, 3.05) is 13.7 Å². The Labute approximate surface area is 173 Å². The minimum Gasteiger partial charge on any atom is -0.497 e. The van der Waals surface area contributed by atoms with E-state index in [1.54, 1.807) is 43.5 Å². The van der Waals surface area contributed by atoms with Crippen LogP contribution in [0.4, 0.5) is 0 Å². The van der Waals surface area contributed by atoms with Crippen LogP contribution in [0.5, 0.6) is 11.5 Å². The maximum atomic E-state index is 12.5. The molecule has 1 aromatic heterocycles. The van der Waals surface area contributed by atoms with E-state index in [-0.39, 0.29) is 12.5 Å². The molecule has 30 heavy (non-hydrogen) atoms. The van der Waals surface area contributed by atoms with Gasteiger partial charge in [-0.25, -0.2) is 0 Å². The number of nitrogens with zero attached hydrogens (tertiary/aromatic N) is 2. The van der Waals surface area contributed by atoms with Crippen molar-refractivity contribution >= 4 is 5.91 Å². The molecule has 0 bridgehead atoms. The second-order valence-corrected chi connectivity index (χ2v) is 6.46. The van der Waals surface area contributed by atoms with Crippen LogP contribution in [0, 0.1) is 0 Å². The first kappa shape index (κ1) is 20.9. The quantitative estimate of drug-likeness (QED) is 0.572. The van der Waals surface area contributed by atoms with Gasteiger partial charge in [0.2, 0.25) is 5.91 Å². The number of methoxy groups -OCH3 is 1. The van der Waals surface area contributed by atoms with Crippen molar-refractivity contribution in [1.29, 1.82) is 0 Å². The molecule has 2 aromatic carbocycles. The number of carbonyl (C=O) groups excluding carboxylic acids is 1. The highest BCUT2D eigenvalue weighted by Crippen LogP contribution is 2.14. The molecule has 0 unspecified atom stereocenters. The van der Waals surface area contributed by atoms with E-state index in [1.165, 1.54) is 17.0 Å². The molecule has 8 nitrogen and oxygen atoms in total. The molecule has 0 aliphatic rings. The predicted octanol–water partition coefficient (Wildman–Crippen LogP) is 1.72. The number of ether oxygens (including phenoxy) is 2. The standard InChI is InChI=1S/C22H23N3O5/c1-3-30-19-10-6-17(7-11-19)25-13-12-24(21(27)22(25)28)15-20(26)23-14-16-4-8-18(29-2)9-5-16/h4-13H,3,14-15H2,1-2H3,(H,23,26). The SMILES string of the molecule is CCOc1ccc(-n2ccn(CC(=O)NCc3ccc(OC)cc3)c(=O)c2=O)cc1. The fourth-order valence-electron chi connectivity index (χ4n) is 2.86. The molecule has 0 aliphatic carbocycles. The summed E-state index contributed by atoms with van der Waals surface area (Å²) in [6.07, 6.45) is 2.89. The highest BCUT2D eigenvalue weighted by atomic mass is 16.5. The molecular weight excluding hydrogens is 386 g/mol. The molecule has 0 aliphatic heterocycles. The summed E-state index contributed by atoms with van der Waals surface area (Å²) in [5, 5.41) is 2.73. The van der Waals surface area contributed by atoms with Gasteiger partial charge in [0, 0.05) is 24.6 Å². The molecule has 0 spiro atoms. The third-order valence-electron chi connectivity index (χ3n) is 4.45. The third-order valence-corrected chi connectivity index (χ3v) is 4.45. The fraction of sp³-hybridized carbons (Fsp3) is 0.227. The van der Waals surface area contributed by atoms with Crippen LogP contribution in [0.25, 0.3) is 5.69 Å². The molecule has 3 aromatic rings. The smallest absolute Gasteiger partial charge is 0.320 e. The van der Waals surface area contributed by atoms with Crippen molar-refractivity contribution in [3.05, 3.63) is 87.2 Å². The molecule has 3 rings (SSSR count). The number of carbonyl (C=O) groups is 1. The zero-order chi connectivity index (χ0) is 21.5. The van der Waals surface area contributed by atoms with Gasteiger partial charge in [-0.15, -0.1) is 0 Å². The lowest BCUT2D eigenvalue weighted by molar-refractivity contribution is -0.121. The van der Waals surface area contributed by atoms with Gasteiger partial charge >= 0.3 is 11.1 Å². The van der Waals surface area contributed by atoms with E-state index < -0.39 is 11.1 Å². The summed E-state index contributed by atoms with van der Waals surface area (Å²) in [4.78, 5) is 37.1. The highest BCUT2D eigenvalue weighted by Gasteiger charge is 2.10. The minimum absolute atomic E-state index is 0.242. The molecule has 156 valence electrons. The van der Waals surface area contributed by atoms with E-state index >= 15 is 0 Å². The summed E-state index contributed by atoms with van der Waals surface area (Å²) in [5.74, 6) is 1.03. The maximum Gasteiger partial charge on any atom is 0.320 e. The van der Waals surface area contributed by atoms with Crippen molar-refractivity contribution in [3.63, 3.8) is 0 Å². The second-order valence-electron chi connectivity index (χ2n) is 6.46. The van der Waals surface area contributed by atoms with E-state index in [4.69, 9.17) is 9.47 Å². The summed E-state index contributed by atoms with van der Waals surface area (Å²) < 4.78 is 12.8. The van der Waals surface area contributed by atoms with Gasteiger partial charge in [-0.2, -0.15) is 0 Å². The van der Waals surface area contributed by atoms with Crippen LogP contribution in [0.2, 0.25) is 0 Å². The summed E-state index contributed by atoms with van der Waals surface area (Å²) in [6, 6.07) is 14.1. The average molecular weight is 409 g/mol. The number of aromatic nitrogens is 2. The molecule has 1 N–H and O–H groups in total. The van der Waals surface area contributed by atoms with Crippen molar-refractivity contribution in [2.24, 2.45) is 0 Å². The summed E-state index contributed by atoms with van der Waals surface area (Å²) >= 11 is 0. The normalized spacial score (nSPS) is 10.5. The van der Waals surface area contributed by atoms with E-state index in [0.717, 1.165) is 15.9 Å². The van der Waals surface area contributed by atoms with Gasteiger partial charge in [-0.05, 0) is 48.9 Å². The zero-order valence-electron chi connectivity index (χ0n) is 16.8. The first-order valence-electron chi connectivity index (χ1n) is 9.46. The lowest BCUT2D eigenvalue weighted by atomic mass is 10.2. The van der Waals surface area contributed by atoms with Gasteiger partial charge in [0.15, 0.2) is 0 Å². The van der Waals surface area contributed by atoms with Crippen molar-refractivity contribution in [2.45, 2.75) is 20.0 Å². The Hall–Kier alpha value is -3.81. The Kier molecular flexibility index (Phi) is 6.69. The molecule has 0 fully saturated rings. The molecule has 1 heterocycles. The molecule has 0 saturated heterocycles. The topological polar surface area (TPSA) is 91.6 Å².